The average Bonchev–Trinajstić information content (AvgIpc) is 2.85. The molecule has 0 spiro atoms. The molecule has 4 atom stereocenters. The fraction of sp³-hybridized carbons (Fsp3) is 0.600. The highest BCUT2D eigenvalue weighted by Crippen LogP contribution is 2.54. The van der Waals surface area contributed by atoms with Crippen LogP contribution in [0.1, 0.15) is 27.2 Å². The largest absolute Gasteiger partial charge is 0.443 e. The van der Waals surface area contributed by atoms with Gasteiger partial charge in [0.05, 0.1) is 0 Å². The fourth-order valence-corrected chi connectivity index (χ4v) is 4.29. The highest BCUT2D eigenvalue weighted by atomic mass is 16.6. The molecular weight excluding hydrogens is 348 g/mol. The van der Waals surface area contributed by atoms with Crippen molar-refractivity contribution in [1.29, 1.82) is 0 Å². The van der Waals surface area contributed by atoms with E-state index in [1.165, 1.54) is 7.05 Å². The van der Waals surface area contributed by atoms with E-state index in [0.29, 0.717) is 6.42 Å². The lowest BCUT2D eigenvalue weighted by atomic mass is 9.59. The van der Waals surface area contributed by atoms with Gasteiger partial charge in [-0.05, 0) is 36.6 Å². The number of likely N-dealkylation sites (N-methyl/N-ethyl adjacent to an activating group) is 1. The van der Waals surface area contributed by atoms with Crippen molar-refractivity contribution in [3.05, 3.63) is 34.6 Å². The van der Waals surface area contributed by atoms with Crippen molar-refractivity contribution in [3.63, 3.8) is 0 Å². The van der Waals surface area contributed by atoms with E-state index < -0.39 is 25.0 Å². The number of amides is 2. The van der Waals surface area contributed by atoms with E-state index in [4.69, 9.17) is 9.47 Å². The molecule has 0 bridgehead atoms. The Balaban J connectivity index is 2.01. The van der Waals surface area contributed by atoms with E-state index in [-0.39, 0.29) is 17.2 Å². The number of hydrogen-bond acceptors (Lipinski definition) is 5. The Kier molecular flexibility index (Phi) is 4.94. The van der Waals surface area contributed by atoms with Crippen LogP contribution in [0.2, 0.25) is 0 Å². The zero-order valence-corrected chi connectivity index (χ0v) is 16.8. The first-order valence-corrected chi connectivity index (χ1v) is 9.13. The Labute approximate surface area is 159 Å². The van der Waals surface area contributed by atoms with Crippen LogP contribution in [-0.4, -0.2) is 67.1 Å². The minimum Gasteiger partial charge on any atom is -0.443 e. The number of allylic oxidation sites excluding steroid dienone is 3. The molecule has 27 heavy (non-hydrogen) atoms. The second kappa shape index (κ2) is 6.80. The van der Waals surface area contributed by atoms with Crippen molar-refractivity contribution in [2.24, 2.45) is 11.3 Å². The number of ether oxygens (including phenoxy) is 2. The number of carbonyl (C=O) groups is 2. The van der Waals surface area contributed by atoms with Crippen LogP contribution >= 0.6 is 0 Å². The Morgan fingerprint density at radius 2 is 2.15 bits per heavy atom. The highest BCUT2D eigenvalue weighted by molar-refractivity contribution is 6.00. The van der Waals surface area contributed by atoms with Gasteiger partial charge in [-0.15, -0.1) is 0 Å². The van der Waals surface area contributed by atoms with E-state index in [1.807, 2.05) is 19.9 Å². The monoisotopic (exact) mass is 376 g/mol. The molecule has 4 unspecified atom stereocenters. The summed E-state index contributed by atoms with van der Waals surface area (Å²) in [4.78, 5) is 27.4. The van der Waals surface area contributed by atoms with Gasteiger partial charge in [0.15, 0.2) is 0 Å². The Morgan fingerprint density at radius 1 is 1.48 bits per heavy atom. The second-order valence-electron chi connectivity index (χ2n) is 7.89. The van der Waals surface area contributed by atoms with Crippen LogP contribution in [0, 0.1) is 11.3 Å². The number of nitrogens with zero attached hydrogens (tertiary/aromatic N) is 2. The summed E-state index contributed by atoms with van der Waals surface area (Å²) in [5, 5.41) is 9.17. The molecule has 0 aromatic carbocycles. The van der Waals surface area contributed by atoms with E-state index in [0.717, 1.165) is 27.3 Å². The standard InChI is InChI=1S/C20H28N2O5/c1-11-14-9-20(3)12(2)17(27-19(25)21(4)10-23)16(26-6)8-13(20)7-15(14)22(5)18(11)24/h7-8,12,16-17,23H,9-10H2,1-6H3. The molecule has 7 nitrogen and oxygen atoms in total. The predicted octanol–water partition coefficient (Wildman–Crippen LogP) is 2.05. The number of aliphatic hydroxyl groups is 1. The average molecular weight is 376 g/mol. The quantitative estimate of drug-likeness (QED) is 0.763. The summed E-state index contributed by atoms with van der Waals surface area (Å²) in [6.45, 7) is 5.64. The molecule has 0 saturated carbocycles. The van der Waals surface area contributed by atoms with Gasteiger partial charge in [0.1, 0.15) is 18.9 Å². The Bertz CT molecular complexity index is 768. The molecular formula is C20H28N2O5. The van der Waals surface area contributed by atoms with Crippen LogP contribution in [0.15, 0.2) is 34.6 Å². The first-order valence-electron chi connectivity index (χ1n) is 9.13. The first kappa shape index (κ1) is 19.6. The number of methoxy groups -OCH3 is 1. The smallest absolute Gasteiger partial charge is 0.411 e. The van der Waals surface area contributed by atoms with E-state index in [9.17, 15) is 14.7 Å². The Hall–Kier alpha value is -2.12. The van der Waals surface area contributed by atoms with Gasteiger partial charge in [-0.25, -0.2) is 4.79 Å². The SMILES string of the molecule is COC1C=C2C=C3C(=C(C)C(=O)N3C)CC2(C)C(C)C1OC(=O)N(C)CO. The summed E-state index contributed by atoms with van der Waals surface area (Å²) in [5.74, 6) is -0.0137. The summed E-state index contributed by atoms with van der Waals surface area (Å²) >= 11 is 0. The molecule has 1 heterocycles. The lowest BCUT2D eigenvalue weighted by Gasteiger charge is -2.48. The first-order chi connectivity index (χ1) is 12.7. The van der Waals surface area contributed by atoms with Crippen LogP contribution in [0.5, 0.6) is 0 Å². The number of rotatable bonds is 3. The van der Waals surface area contributed by atoms with Crippen LogP contribution < -0.4 is 0 Å². The van der Waals surface area contributed by atoms with Crippen LogP contribution in [0.25, 0.3) is 0 Å². The highest BCUT2D eigenvalue weighted by Gasteiger charge is 2.51. The summed E-state index contributed by atoms with van der Waals surface area (Å²) in [6, 6.07) is 0. The van der Waals surface area contributed by atoms with Crippen molar-refractivity contribution in [2.45, 2.75) is 39.4 Å². The maximum Gasteiger partial charge on any atom is 0.411 e. The van der Waals surface area contributed by atoms with Crippen molar-refractivity contribution in [2.75, 3.05) is 27.9 Å². The number of fused-ring (bicyclic) bond motifs is 2. The fourth-order valence-electron chi connectivity index (χ4n) is 4.29. The van der Waals surface area contributed by atoms with Gasteiger partial charge >= 0.3 is 6.09 Å². The van der Waals surface area contributed by atoms with Gasteiger partial charge < -0.3 is 19.5 Å². The topological polar surface area (TPSA) is 79.3 Å². The third-order valence-electron chi connectivity index (χ3n) is 6.44. The number of hydrogen-bond donors (Lipinski definition) is 1. The van der Waals surface area contributed by atoms with Crippen LogP contribution in [0.4, 0.5) is 4.79 Å². The van der Waals surface area contributed by atoms with Gasteiger partial charge in [0, 0.05) is 43.8 Å². The lowest BCUT2D eigenvalue weighted by molar-refractivity contribution is -0.123. The zero-order chi connectivity index (χ0) is 20.1. The van der Waals surface area contributed by atoms with E-state index in [2.05, 4.69) is 13.0 Å². The van der Waals surface area contributed by atoms with E-state index in [1.54, 1.807) is 19.1 Å². The summed E-state index contributed by atoms with van der Waals surface area (Å²) in [5.41, 5.74) is 3.58. The molecule has 1 aliphatic heterocycles. The van der Waals surface area contributed by atoms with E-state index >= 15 is 0 Å². The van der Waals surface area contributed by atoms with Crippen molar-refractivity contribution < 1.29 is 24.2 Å². The molecule has 1 N–H and O–H groups in total. The molecule has 7 heteroatoms. The number of aliphatic hydroxyl groups excluding tert-OH is 1. The minimum atomic E-state index is -0.588. The second-order valence-corrected chi connectivity index (χ2v) is 7.89. The predicted molar refractivity (Wildman–Crippen MR) is 99.4 cm³/mol. The van der Waals surface area contributed by atoms with Crippen molar-refractivity contribution >= 4 is 12.0 Å². The van der Waals surface area contributed by atoms with Gasteiger partial charge in [-0.1, -0.05) is 13.8 Å². The molecule has 0 radical (unpaired) electrons. The summed E-state index contributed by atoms with van der Waals surface area (Å²) in [6.07, 6.45) is 3.28. The molecule has 0 aromatic heterocycles. The van der Waals surface area contributed by atoms with Gasteiger partial charge in [0.25, 0.3) is 5.91 Å². The maximum atomic E-state index is 12.4. The minimum absolute atomic E-state index is 0.0302. The third-order valence-corrected chi connectivity index (χ3v) is 6.44. The summed E-state index contributed by atoms with van der Waals surface area (Å²) in [7, 11) is 4.86. The lowest BCUT2D eigenvalue weighted by Crippen LogP contribution is -2.50. The normalized spacial score (nSPS) is 32.6. The number of carbonyl (C=O) groups excluding carboxylic acids is 2. The summed E-state index contributed by atoms with van der Waals surface area (Å²) < 4.78 is 11.3. The molecule has 3 aliphatic rings. The molecule has 3 rings (SSSR count). The maximum absolute atomic E-state index is 12.4. The zero-order valence-electron chi connectivity index (χ0n) is 16.8. The molecule has 0 aromatic rings. The molecule has 148 valence electrons. The molecule has 2 aliphatic carbocycles. The van der Waals surface area contributed by atoms with Crippen LogP contribution in [-0.2, 0) is 14.3 Å². The molecule has 0 saturated heterocycles. The molecule has 0 fully saturated rings. The van der Waals surface area contributed by atoms with Gasteiger partial charge in [0.2, 0.25) is 0 Å². The van der Waals surface area contributed by atoms with Crippen LogP contribution in [0.3, 0.4) is 0 Å². The third kappa shape index (κ3) is 2.89. The van der Waals surface area contributed by atoms with Crippen molar-refractivity contribution in [3.8, 4) is 0 Å². The Morgan fingerprint density at radius 3 is 2.74 bits per heavy atom. The van der Waals surface area contributed by atoms with Gasteiger partial charge in [-0.3, -0.25) is 9.69 Å². The van der Waals surface area contributed by atoms with Gasteiger partial charge in [-0.2, -0.15) is 0 Å². The molecule has 2 amide bonds. The van der Waals surface area contributed by atoms with Crippen molar-refractivity contribution in [1.82, 2.24) is 9.80 Å².